The van der Waals surface area contributed by atoms with Crippen molar-refractivity contribution < 1.29 is 13.0 Å². The first kappa shape index (κ1) is 8.79. The highest BCUT2D eigenvalue weighted by molar-refractivity contribution is 7.87. The molecule has 0 radical (unpaired) electrons. The third kappa shape index (κ3) is 2.66. The molecule has 1 aromatic heterocycles. The Balaban J connectivity index is 2.89. The van der Waals surface area contributed by atoms with E-state index in [0.29, 0.717) is 4.34 Å². The number of anilines is 1. The van der Waals surface area contributed by atoms with E-state index in [1.54, 1.807) is 5.38 Å². The second-order valence-electron chi connectivity index (χ2n) is 1.69. The van der Waals surface area contributed by atoms with Crippen LogP contribution < -0.4 is 4.72 Å². The van der Waals surface area contributed by atoms with Crippen molar-refractivity contribution in [3.05, 3.63) is 15.8 Å². The van der Waals surface area contributed by atoms with Crippen molar-refractivity contribution in [3.8, 4) is 0 Å². The molecule has 0 aliphatic rings. The van der Waals surface area contributed by atoms with Gasteiger partial charge in [0, 0.05) is 0 Å². The number of rotatable bonds is 2. The van der Waals surface area contributed by atoms with Gasteiger partial charge in [0.15, 0.2) is 0 Å². The van der Waals surface area contributed by atoms with Gasteiger partial charge in [0.1, 0.15) is 4.34 Å². The zero-order valence-corrected chi connectivity index (χ0v) is 7.50. The van der Waals surface area contributed by atoms with Gasteiger partial charge in [-0.1, -0.05) is 11.6 Å². The molecule has 1 aromatic rings. The number of nitrogens with one attached hydrogen (secondary N) is 1. The quantitative estimate of drug-likeness (QED) is 0.734. The number of hydrogen-bond donors (Lipinski definition) is 2. The first-order valence-electron chi connectivity index (χ1n) is 2.47. The molecule has 1 heterocycles. The molecule has 0 amide bonds. The minimum atomic E-state index is -4.20. The summed E-state index contributed by atoms with van der Waals surface area (Å²) < 4.78 is 30.9. The first-order valence-corrected chi connectivity index (χ1v) is 5.17. The van der Waals surface area contributed by atoms with Crippen molar-refractivity contribution >= 4 is 38.9 Å². The van der Waals surface area contributed by atoms with Gasteiger partial charge in [-0.25, -0.2) is 0 Å². The lowest BCUT2D eigenvalue weighted by atomic mass is 10.6. The highest BCUT2D eigenvalue weighted by atomic mass is 35.5. The molecule has 0 spiro atoms. The zero-order valence-electron chi connectivity index (χ0n) is 5.11. The van der Waals surface area contributed by atoms with E-state index < -0.39 is 10.3 Å². The first-order chi connectivity index (χ1) is 4.99. The van der Waals surface area contributed by atoms with Gasteiger partial charge >= 0.3 is 10.3 Å². The molecule has 11 heavy (non-hydrogen) atoms. The normalized spacial score (nSPS) is 11.5. The van der Waals surface area contributed by atoms with Crippen molar-refractivity contribution in [1.29, 1.82) is 0 Å². The highest BCUT2D eigenvalue weighted by Crippen LogP contribution is 2.27. The van der Waals surface area contributed by atoms with Crippen molar-refractivity contribution in [2.24, 2.45) is 0 Å². The summed E-state index contributed by atoms with van der Waals surface area (Å²) in [6, 6.07) is 1.46. The van der Waals surface area contributed by atoms with Gasteiger partial charge in [-0.15, -0.1) is 11.3 Å². The molecule has 0 unspecified atom stereocenters. The fraction of sp³-hybridized carbons (Fsp3) is 0. The van der Waals surface area contributed by atoms with E-state index in [1.807, 2.05) is 4.72 Å². The van der Waals surface area contributed by atoms with Crippen molar-refractivity contribution in [2.45, 2.75) is 0 Å². The van der Waals surface area contributed by atoms with Crippen LogP contribution in [0.3, 0.4) is 0 Å². The van der Waals surface area contributed by atoms with Gasteiger partial charge < -0.3 is 0 Å². The molecule has 62 valence electrons. The minimum Gasteiger partial charge on any atom is -0.269 e. The summed E-state index contributed by atoms with van der Waals surface area (Å²) >= 11 is 6.70. The summed E-state index contributed by atoms with van der Waals surface area (Å²) in [5.74, 6) is 0. The number of thiophene rings is 1. The predicted molar refractivity (Wildman–Crippen MR) is 44.5 cm³/mol. The Labute approximate surface area is 72.7 Å². The van der Waals surface area contributed by atoms with E-state index in [0.717, 1.165) is 0 Å². The Morgan fingerprint density at radius 2 is 2.27 bits per heavy atom. The lowest BCUT2D eigenvalue weighted by Crippen LogP contribution is -2.09. The Hall–Kier alpha value is -0.300. The van der Waals surface area contributed by atoms with Gasteiger partial charge in [0.05, 0.1) is 5.69 Å². The topological polar surface area (TPSA) is 66.4 Å². The van der Waals surface area contributed by atoms with Gasteiger partial charge in [-0.3, -0.25) is 9.27 Å². The molecule has 0 fully saturated rings. The number of halogens is 1. The van der Waals surface area contributed by atoms with Gasteiger partial charge in [-0.05, 0) is 11.4 Å². The molecular weight excluding hydrogens is 210 g/mol. The molecule has 0 bridgehead atoms. The fourth-order valence-electron chi connectivity index (χ4n) is 0.504. The Bertz CT molecular complexity index is 344. The third-order valence-electron chi connectivity index (χ3n) is 0.857. The van der Waals surface area contributed by atoms with Gasteiger partial charge in [0.25, 0.3) is 0 Å². The predicted octanol–water partition coefficient (Wildman–Crippen LogP) is 1.62. The lowest BCUT2D eigenvalue weighted by molar-refractivity contribution is 0.490. The third-order valence-corrected chi connectivity index (χ3v) is 2.50. The monoisotopic (exact) mass is 213 g/mol. The van der Waals surface area contributed by atoms with Crippen LogP contribution >= 0.6 is 22.9 Å². The molecule has 1 rings (SSSR count). The van der Waals surface area contributed by atoms with Gasteiger partial charge in [0.2, 0.25) is 0 Å². The molecule has 0 saturated heterocycles. The Morgan fingerprint density at radius 3 is 2.64 bits per heavy atom. The van der Waals surface area contributed by atoms with Crippen LogP contribution in [0.4, 0.5) is 5.69 Å². The van der Waals surface area contributed by atoms with Crippen LogP contribution in [0, 0.1) is 0 Å². The SMILES string of the molecule is O=S(=O)(O)Nc1ccsc1Cl. The molecule has 0 aliphatic heterocycles. The largest absolute Gasteiger partial charge is 0.357 e. The zero-order chi connectivity index (χ0) is 8.48. The molecule has 7 heteroatoms. The highest BCUT2D eigenvalue weighted by Gasteiger charge is 2.07. The summed E-state index contributed by atoms with van der Waals surface area (Å²) in [7, 11) is -4.20. The van der Waals surface area contributed by atoms with Crippen LogP contribution in [0.2, 0.25) is 4.34 Å². The summed E-state index contributed by atoms with van der Waals surface area (Å²) in [5.41, 5.74) is 0.194. The van der Waals surface area contributed by atoms with Crippen molar-refractivity contribution in [3.63, 3.8) is 0 Å². The van der Waals surface area contributed by atoms with Crippen molar-refractivity contribution in [2.75, 3.05) is 4.72 Å². The van der Waals surface area contributed by atoms with Crippen LogP contribution in [-0.4, -0.2) is 13.0 Å². The molecule has 4 nitrogen and oxygen atoms in total. The van der Waals surface area contributed by atoms with E-state index >= 15 is 0 Å². The maximum Gasteiger partial charge on any atom is 0.357 e. The minimum absolute atomic E-state index is 0.194. The van der Waals surface area contributed by atoms with Crippen LogP contribution in [-0.2, 0) is 10.3 Å². The maximum atomic E-state index is 10.2. The maximum absolute atomic E-state index is 10.2. The van der Waals surface area contributed by atoms with E-state index in [9.17, 15) is 8.42 Å². The average Bonchev–Trinajstić information content (AvgIpc) is 2.12. The second-order valence-corrected chi connectivity index (χ2v) is 4.36. The summed E-state index contributed by atoms with van der Waals surface area (Å²) in [5, 5.41) is 1.61. The van der Waals surface area contributed by atoms with Crippen LogP contribution in [0.15, 0.2) is 11.4 Å². The van der Waals surface area contributed by atoms with E-state index in [-0.39, 0.29) is 5.69 Å². The summed E-state index contributed by atoms with van der Waals surface area (Å²) in [4.78, 5) is 0. The van der Waals surface area contributed by atoms with Crippen LogP contribution in [0.1, 0.15) is 0 Å². The summed E-state index contributed by atoms with van der Waals surface area (Å²) in [6.07, 6.45) is 0. The summed E-state index contributed by atoms with van der Waals surface area (Å²) in [6.45, 7) is 0. The van der Waals surface area contributed by atoms with Crippen LogP contribution in [0.5, 0.6) is 0 Å². The Kier molecular flexibility index (Phi) is 2.38. The van der Waals surface area contributed by atoms with E-state index in [1.165, 1.54) is 17.4 Å². The van der Waals surface area contributed by atoms with Crippen molar-refractivity contribution in [1.82, 2.24) is 0 Å². The average molecular weight is 214 g/mol. The molecule has 0 aromatic carbocycles. The molecule has 0 aliphatic carbocycles. The number of hydrogen-bond acceptors (Lipinski definition) is 3. The van der Waals surface area contributed by atoms with Gasteiger partial charge in [-0.2, -0.15) is 8.42 Å². The fourth-order valence-corrected chi connectivity index (χ4v) is 1.91. The molecule has 2 N–H and O–H groups in total. The Morgan fingerprint density at radius 1 is 1.64 bits per heavy atom. The second kappa shape index (κ2) is 2.98. The smallest absolute Gasteiger partial charge is 0.269 e. The standard InChI is InChI=1S/C4H4ClNO3S2/c5-4-3(1-2-10-4)6-11(7,8)9/h1-2,6H,(H,7,8,9). The van der Waals surface area contributed by atoms with Crippen LogP contribution in [0.25, 0.3) is 0 Å². The van der Waals surface area contributed by atoms with E-state index in [2.05, 4.69) is 0 Å². The molecular formula is C4H4ClNO3S2. The molecule has 0 saturated carbocycles. The van der Waals surface area contributed by atoms with E-state index in [4.69, 9.17) is 16.2 Å². The lowest BCUT2D eigenvalue weighted by Gasteiger charge is -1.97. The molecule has 0 atom stereocenters.